The molecular formula is C33H34N2S5. The monoisotopic (exact) mass is 618 g/mol. The van der Waals surface area contributed by atoms with Crippen LogP contribution in [-0.2, 0) is 10.8 Å². The van der Waals surface area contributed by atoms with Crippen LogP contribution in [0.2, 0.25) is 0 Å². The summed E-state index contributed by atoms with van der Waals surface area (Å²) in [5, 5.41) is 0. The molecule has 0 fully saturated rings. The van der Waals surface area contributed by atoms with Crippen LogP contribution in [-0.4, -0.2) is 8.75 Å². The van der Waals surface area contributed by atoms with Gasteiger partial charge in [-0.15, -0.1) is 45.3 Å². The van der Waals surface area contributed by atoms with E-state index in [0.29, 0.717) is 0 Å². The van der Waals surface area contributed by atoms with E-state index in [9.17, 15) is 0 Å². The van der Waals surface area contributed by atoms with E-state index in [1.54, 1.807) is 0 Å². The molecule has 0 aliphatic carbocycles. The highest BCUT2D eigenvalue weighted by molar-refractivity contribution is 7.24. The van der Waals surface area contributed by atoms with Gasteiger partial charge in [-0.1, -0.05) is 53.7 Å². The summed E-state index contributed by atoms with van der Waals surface area (Å²) in [6, 6.07) is 18.2. The molecule has 5 aromatic heterocycles. The number of nitrogens with zero attached hydrogens (tertiary/aromatic N) is 2. The molecule has 0 atom stereocenters. The summed E-state index contributed by atoms with van der Waals surface area (Å²) in [4.78, 5) is 10.8. The van der Waals surface area contributed by atoms with Gasteiger partial charge in [0.25, 0.3) is 0 Å². The molecule has 0 aliphatic rings. The Labute approximate surface area is 257 Å². The summed E-state index contributed by atoms with van der Waals surface area (Å²) in [6.45, 7) is 18.4. The fourth-order valence-electron chi connectivity index (χ4n) is 5.28. The van der Waals surface area contributed by atoms with Gasteiger partial charge in [0, 0.05) is 50.1 Å². The summed E-state index contributed by atoms with van der Waals surface area (Å²) < 4.78 is 9.55. The van der Waals surface area contributed by atoms with E-state index in [0.717, 1.165) is 17.5 Å². The third kappa shape index (κ3) is 4.94. The van der Waals surface area contributed by atoms with Crippen molar-refractivity contribution >= 4 is 68.1 Å². The van der Waals surface area contributed by atoms with Crippen LogP contribution < -0.4 is 0 Å². The van der Waals surface area contributed by atoms with Crippen LogP contribution in [0.3, 0.4) is 0 Å². The number of fused-ring (bicyclic) bond motifs is 1. The van der Waals surface area contributed by atoms with E-state index in [4.69, 9.17) is 8.75 Å². The molecule has 0 unspecified atom stereocenters. The molecule has 0 aliphatic heterocycles. The molecule has 0 bridgehead atoms. The molecule has 0 saturated carbocycles. The van der Waals surface area contributed by atoms with Crippen LogP contribution in [0.4, 0.5) is 0 Å². The van der Waals surface area contributed by atoms with Gasteiger partial charge in [-0.25, -0.2) is 0 Å². The third-order valence-corrected chi connectivity index (χ3v) is 14.1. The van der Waals surface area contributed by atoms with Gasteiger partial charge in [0.1, 0.15) is 11.0 Å². The number of benzene rings is 1. The van der Waals surface area contributed by atoms with Crippen molar-refractivity contribution < 1.29 is 0 Å². The van der Waals surface area contributed by atoms with E-state index < -0.39 is 0 Å². The fourth-order valence-corrected chi connectivity index (χ4v) is 10.7. The largest absolute Gasteiger partial charge is 0.172 e. The minimum atomic E-state index is 0.166. The molecule has 40 heavy (non-hydrogen) atoms. The minimum absolute atomic E-state index is 0.166. The van der Waals surface area contributed by atoms with Crippen molar-refractivity contribution in [3.63, 3.8) is 0 Å². The van der Waals surface area contributed by atoms with Crippen LogP contribution in [0.15, 0.2) is 48.5 Å². The Morgan fingerprint density at radius 3 is 1.48 bits per heavy atom. The van der Waals surface area contributed by atoms with Gasteiger partial charge in [-0.05, 0) is 78.6 Å². The zero-order valence-electron chi connectivity index (χ0n) is 24.3. The standard InChI is InChI=1S/C33H34N2S5/c1-9-33(7,8)31-19(3)17-27(39-31)25-15-13-23(37-25)21-11-10-20(28-29(21)35-40-34-28)22-12-14-24(36-22)26-16-18(2)30(38-26)32(4,5)6/h10-17H,9H2,1-8H3. The molecule has 0 N–H and O–H groups in total. The number of rotatable bonds is 6. The van der Waals surface area contributed by atoms with E-state index in [-0.39, 0.29) is 10.8 Å². The summed E-state index contributed by atoms with van der Waals surface area (Å²) in [5.74, 6) is 0. The second-order valence-corrected chi connectivity index (χ2v) is 17.0. The zero-order valence-corrected chi connectivity index (χ0v) is 28.3. The Hall–Kier alpha value is -2.16. The Bertz CT molecular complexity index is 1830. The normalized spacial score (nSPS) is 12.6. The number of aryl methyl sites for hydroxylation is 2. The number of hydrogen-bond donors (Lipinski definition) is 0. The lowest BCUT2D eigenvalue weighted by Crippen LogP contribution is -2.14. The average Bonchev–Trinajstić information content (AvgIpc) is 3.72. The predicted octanol–water partition coefficient (Wildman–Crippen LogP) is 12.2. The maximum atomic E-state index is 4.78. The number of aromatic nitrogens is 2. The Kier molecular flexibility index (Phi) is 7.19. The maximum absolute atomic E-state index is 4.78. The Balaban J connectivity index is 1.34. The molecule has 2 nitrogen and oxygen atoms in total. The van der Waals surface area contributed by atoms with E-state index in [2.05, 4.69) is 104 Å². The zero-order chi connectivity index (χ0) is 28.4. The molecule has 6 aromatic rings. The lowest BCUT2D eigenvalue weighted by atomic mass is 9.87. The topological polar surface area (TPSA) is 25.8 Å². The molecule has 1 aromatic carbocycles. The highest BCUT2D eigenvalue weighted by Crippen LogP contribution is 2.46. The highest BCUT2D eigenvalue weighted by atomic mass is 32.1. The molecule has 0 amide bonds. The van der Waals surface area contributed by atoms with Crippen molar-refractivity contribution in [2.75, 3.05) is 0 Å². The highest BCUT2D eigenvalue weighted by Gasteiger charge is 2.25. The van der Waals surface area contributed by atoms with Gasteiger partial charge >= 0.3 is 0 Å². The van der Waals surface area contributed by atoms with Gasteiger partial charge < -0.3 is 0 Å². The van der Waals surface area contributed by atoms with Crippen LogP contribution in [0.25, 0.3) is 51.4 Å². The van der Waals surface area contributed by atoms with Gasteiger partial charge in [0.05, 0.1) is 11.7 Å². The fraction of sp³-hybridized carbons (Fsp3) is 0.333. The van der Waals surface area contributed by atoms with Crippen LogP contribution >= 0.6 is 57.1 Å². The Morgan fingerprint density at radius 2 is 1.02 bits per heavy atom. The molecule has 5 heterocycles. The van der Waals surface area contributed by atoms with Crippen molar-refractivity contribution in [1.82, 2.24) is 8.75 Å². The number of thiophene rings is 4. The maximum Gasteiger partial charge on any atom is 0.114 e. The average molecular weight is 619 g/mol. The second-order valence-electron chi connectivity index (χ2n) is 12.2. The lowest BCUT2D eigenvalue weighted by Gasteiger charge is -2.22. The SMILES string of the molecule is CCC(C)(C)c1sc(-c2ccc(-c3ccc(-c4ccc(-c5cc(C)c(C(C)(C)C)s5)s4)c4nsnc34)s2)cc1C. The van der Waals surface area contributed by atoms with Crippen LogP contribution in [0.1, 0.15) is 68.8 Å². The molecule has 206 valence electrons. The number of hydrogen-bond acceptors (Lipinski definition) is 7. The van der Waals surface area contributed by atoms with Crippen LogP contribution in [0.5, 0.6) is 0 Å². The molecule has 0 saturated heterocycles. The summed E-state index contributed by atoms with van der Waals surface area (Å²) in [7, 11) is 0. The summed E-state index contributed by atoms with van der Waals surface area (Å²) >= 11 is 8.89. The smallest absolute Gasteiger partial charge is 0.114 e. The van der Waals surface area contributed by atoms with E-state index >= 15 is 0 Å². The second kappa shape index (κ2) is 10.3. The van der Waals surface area contributed by atoms with Gasteiger partial charge in [-0.3, -0.25) is 0 Å². The first kappa shape index (κ1) is 28.0. The van der Waals surface area contributed by atoms with E-state index in [1.165, 1.54) is 73.0 Å². The molecule has 7 heteroatoms. The minimum Gasteiger partial charge on any atom is -0.172 e. The molecule has 0 spiro atoms. The van der Waals surface area contributed by atoms with Crippen molar-refractivity contribution in [3.8, 4) is 40.4 Å². The predicted molar refractivity (Wildman–Crippen MR) is 182 cm³/mol. The first-order valence-corrected chi connectivity index (χ1v) is 17.6. The first-order chi connectivity index (χ1) is 19.0. The molecule has 6 rings (SSSR count). The van der Waals surface area contributed by atoms with Crippen molar-refractivity contribution in [2.24, 2.45) is 0 Å². The molecule has 0 radical (unpaired) electrons. The van der Waals surface area contributed by atoms with E-state index in [1.807, 2.05) is 45.3 Å². The van der Waals surface area contributed by atoms with Crippen molar-refractivity contribution in [3.05, 3.63) is 69.4 Å². The summed E-state index contributed by atoms with van der Waals surface area (Å²) in [5.41, 5.74) is 7.51. The van der Waals surface area contributed by atoms with Crippen molar-refractivity contribution in [2.45, 2.75) is 72.6 Å². The van der Waals surface area contributed by atoms with Crippen LogP contribution in [0, 0.1) is 13.8 Å². The first-order valence-electron chi connectivity index (χ1n) is 13.6. The Morgan fingerprint density at radius 1 is 0.575 bits per heavy atom. The lowest BCUT2D eigenvalue weighted by molar-refractivity contribution is 0.514. The van der Waals surface area contributed by atoms with Gasteiger partial charge in [0.15, 0.2) is 0 Å². The van der Waals surface area contributed by atoms with Gasteiger partial charge in [-0.2, -0.15) is 8.75 Å². The quantitative estimate of drug-likeness (QED) is 0.186. The van der Waals surface area contributed by atoms with Crippen molar-refractivity contribution in [1.29, 1.82) is 0 Å². The molecular weight excluding hydrogens is 585 g/mol. The van der Waals surface area contributed by atoms with Gasteiger partial charge in [0.2, 0.25) is 0 Å². The third-order valence-electron chi connectivity index (χ3n) is 7.66. The summed E-state index contributed by atoms with van der Waals surface area (Å²) in [6.07, 6.45) is 1.14.